The molecule has 0 bridgehead atoms. The Bertz CT molecular complexity index is 431. The van der Waals surface area contributed by atoms with Crippen LogP contribution in [0.5, 0.6) is 5.75 Å². The molecule has 0 aliphatic rings. The average Bonchev–Trinajstić information content (AvgIpc) is 2.59. The highest BCUT2D eigenvalue weighted by atomic mass is 16.5. The van der Waals surface area contributed by atoms with Crippen LogP contribution < -0.4 is 10.1 Å². The molecule has 2 N–H and O–H groups in total. The highest BCUT2D eigenvalue weighted by Crippen LogP contribution is 2.14. The van der Waals surface area contributed by atoms with Crippen LogP contribution in [-0.4, -0.2) is 24.2 Å². The minimum atomic E-state index is 0.0705. The number of hydrogen-bond donors (Lipinski definition) is 2. The zero-order valence-corrected chi connectivity index (χ0v) is 15.1. The lowest BCUT2D eigenvalue weighted by Crippen LogP contribution is -2.20. The predicted octanol–water partition coefficient (Wildman–Crippen LogP) is 4.20. The summed E-state index contributed by atoms with van der Waals surface area (Å²) < 4.78 is 5.69. The maximum Gasteiger partial charge on any atom is 0.216 e. The van der Waals surface area contributed by atoms with Crippen LogP contribution in [0.4, 0.5) is 0 Å². The first-order valence-electron chi connectivity index (χ1n) is 9.29. The third-order valence-electron chi connectivity index (χ3n) is 4.07. The summed E-state index contributed by atoms with van der Waals surface area (Å²) in [5.74, 6) is 0.951. The molecule has 1 amide bonds. The third-order valence-corrected chi connectivity index (χ3v) is 4.07. The number of carbonyl (C=O) groups excluding carboxylic acids is 1. The van der Waals surface area contributed by atoms with E-state index < -0.39 is 0 Å². The standard InChI is InChI=1S/C20H33NO3/c1-18(23)21-15-9-7-5-3-2-4-6-8-10-16-24-20-13-11-19(17-22)12-14-20/h11-14,22H,2-10,15-17H2,1H3,(H,21,23). The number of rotatable bonds is 14. The van der Waals surface area contributed by atoms with E-state index in [-0.39, 0.29) is 12.5 Å². The minimum Gasteiger partial charge on any atom is -0.494 e. The van der Waals surface area contributed by atoms with Gasteiger partial charge in [0, 0.05) is 13.5 Å². The summed E-state index contributed by atoms with van der Waals surface area (Å²) in [7, 11) is 0. The van der Waals surface area contributed by atoms with Crippen molar-refractivity contribution in [2.24, 2.45) is 0 Å². The zero-order valence-electron chi connectivity index (χ0n) is 15.1. The first-order valence-corrected chi connectivity index (χ1v) is 9.29. The van der Waals surface area contributed by atoms with Gasteiger partial charge in [0.1, 0.15) is 5.75 Å². The van der Waals surface area contributed by atoms with Crippen LogP contribution in [0.15, 0.2) is 24.3 Å². The second-order valence-corrected chi connectivity index (χ2v) is 6.32. The molecule has 136 valence electrons. The average molecular weight is 335 g/mol. The van der Waals surface area contributed by atoms with Crippen molar-refractivity contribution in [1.29, 1.82) is 0 Å². The van der Waals surface area contributed by atoms with Crippen LogP contribution in [0.2, 0.25) is 0 Å². The van der Waals surface area contributed by atoms with Crippen molar-refractivity contribution in [2.75, 3.05) is 13.2 Å². The van der Waals surface area contributed by atoms with Crippen LogP contribution in [0, 0.1) is 0 Å². The van der Waals surface area contributed by atoms with E-state index in [9.17, 15) is 4.79 Å². The fourth-order valence-corrected chi connectivity index (χ4v) is 2.61. The summed E-state index contributed by atoms with van der Waals surface area (Å²) in [5, 5.41) is 11.8. The fraction of sp³-hybridized carbons (Fsp3) is 0.650. The van der Waals surface area contributed by atoms with Crippen molar-refractivity contribution in [3.05, 3.63) is 29.8 Å². The lowest BCUT2D eigenvalue weighted by atomic mass is 10.1. The normalized spacial score (nSPS) is 10.6. The summed E-state index contributed by atoms with van der Waals surface area (Å²) in [4.78, 5) is 10.7. The summed E-state index contributed by atoms with van der Waals surface area (Å²) in [6, 6.07) is 7.62. The lowest BCUT2D eigenvalue weighted by molar-refractivity contribution is -0.118. The summed E-state index contributed by atoms with van der Waals surface area (Å²) in [6.45, 7) is 3.23. The van der Waals surface area contributed by atoms with Crippen LogP contribution in [0.1, 0.15) is 70.3 Å². The molecule has 0 radical (unpaired) electrons. The van der Waals surface area contributed by atoms with Gasteiger partial charge in [-0.1, -0.05) is 57.1 Å². The summed E-state index contributed by atoms with van der Waals surface area (Å²) >= 11 is 0. The summed E-state index contributed by atoms with van der Waals surface area (Å²) in [5.41, 5.74) is 0.914. The Kier molecular flexibility index (Phi) is 11.8. The van der Waals surface area contributed by atoms with Crippen LogP contribution in [0.25, 0.3) is 0 Å². The number of amides is 1. The Hall–Kier alpha value is -1.55. The number of aliphatic hydroxyl groups is 1. The van der Waals surface area contributed by atoms with Crippen molar-refractivity contribution >= 4 is 5.91 Å². The second kappa shape index (κ2) is 13.8. The smallest absolute Gasteiger partial charge is 0.216 e. The number of hydrogen-bond acceptors (Lipinski definition) is 3. The Morgan fingerprint density at radius 3 is 2.00 bits per heavy atom. The second-order valence-electron chi connectivity index (χ2n) is 6.32. The van der Waals surface area contributed by atoms with Crippen molar-refractivity contribution in [2.45, 2.75) is 71.3 Å². The number of unbranched alkanes of at least 4 members (excludes halogenated alkanes) is 8. The molecule has 4 heteroatoms. The van der Waals surface area contributed by atoms with E-state index in [4.69, 9.17) is 9.84 Å². The number of benzene rings is 1. The largest absolute Gasteiger partial charge is 0.494 e. The van der Waals surface area contributed by atoms with Crippen molar-refractivity contribution in [1.82, 2.24) is 5.32 Å². The van der Waals surface area contributed by atoms with Crippen molar-refractivity contribution in [3.8, 4) is 5.75 Å². The molecule has 24 heavy (non-hydrogen) atoms. The van der Waals surface area contributed by atoms with Gasteiger partial charge in [0.15, 0.2) is 0 Å². The number of ether oxygens (including phenoxy) is 1. The Balaban J connectivity index is 1.82. The third kappa shape index (κ3) is 11.1. The molecule has 0 aliphatic carbocycles. The van der Waals surface area contributed by atoms with Crippen molar-refractivity contribution in [3.63, 3.8) is 0 Å². The van der Waals surface area contributed by atoms with E-state index in [1.54, 1.807) is 6.92 Å². The van der Waals surface area contributed by atoms with Crippen molar-refractivity contribution < 1.29 is 14.6 Å². The van der Waals surface area contributed by atoms with Gasteiger partial charge in [0.05, 0.1) is 13.2 Å². The van der Waals surface area contributed by atoms with E-state index in [1.807, 2.05) is 24.3 Å². The fourth-order valence-electron chi connectivity index (χ4n) is 2.61. The van der Waals surface area contributed by atoms with Crippen LogP contribution in [-0.2, 0) is 11.4 Å². The molecular weight excluding hydrogens is 302 g/mol. The highest BCUT2D eigenvalue weighted by Gasteiger charge is 1.96. The van der Waals surface area contributed by atoms with E-state index >= 15 is 0 Å². The van der Waals surface area contributed by atoms with Gasteiger partial charge in [-0.25, -0.2) is 0 Å². The van der Waals surface area contributed by atoms with Crippen LogP contribution in [0.3, 0.4) is 0 Å². The molecule has 4 nitrogen and oxygen atoms in total. The minimum absolute atomic E-state index is 0.0705. The van der Waals surface area contributed by atoms with Gasteiger partial charge in [-0.15, -0.1) is 0 Å². The molecule has 0 heterocycles. The monoisotopic (exact) mass is 335 g/mol. The molecule has 0 saturated heterocycles. The molecule has 0 fully saturated rings. The molecule has 1 aromatic carbocycles. The van der Waals surface area contributed by atoms with Gasteiger partial charge in [-0.05, 0) is 30.5 Å². The van der Waals surface area contributed by atoms with Gasteiger partial charge in [0.25, 0.3) is 0 Å². The van der Waals surface area contributed by atoms with E-state index in [0.717, 1.165) is 37.3 Å². The quantitative estimate of drug-likeness (QED) is 0.501. The molecule has 1 rings (SSSR count). The molecular formula is C20H33NO3. The first kappa shape index (κ1) is 20.5. The number of carbonyl (C=O) groups is 1. The van der Waals surface area contributed by atoms with Gasteiger partial charge in [0.2, 0.25) is 5.91 Å². The van der Waals surface area contributed by atoms with Gasteiger partial charge < -0.3 is 15.2 Å². The Morgan fingerprint density at radius 1 is 0.917 bits per heavy atom. The Labute approximate surface area is 146 Å². The highest BCUT2D eigenvalue weighted by molar-refractivity contribution is 5.72. The molecule has 0 spiro atoms. The Morgan fingerprint density at radius 2 is 1.46 bits per heavy atom. The maximum atomic E-state index is 10.7. The van der Waals surface area contributed by atoms with Gasteiger partial charge in [-0.2, -0.15) is 0 Å². The molecule has 0 saturated carbocycles. The number of nitrogens with one attached hydrogen (secondary N) is 1. The zero-order chi connectivity index (χ0) is 17.5. The topological polar surface area (TPSA) is 58.6 Å². The number of aliphatic hydroxyl groups excluding tert-OH is 1. The van der Waals surface area contributed by atoms with E-state index in [0.29, 0.717) is 0 Å². The van der Waals surface area contributed by atoms with E-state index in [1.165, 1.54) is 44.9 Å². The predicted molar refractivity (Wildman–Crippen MR) is 98.1 cm³/mol. The molecule has 0 aliphatic heterocycles. The van der Waals surface area contributed by atoms with Gasteiger partial charge in [-0.3, -0.25) is 4.79 Å². The summed E-state index contributed by atoms with van der Waals surface area (Å²) in [6.07, 6.45) is 11.1. The maximum absolute atomic E-state index is 10.7. The SMILES string of the molecule is CC(=O)NCCCCCCCCCCCOc1ccc(CO)cc1. The molecule has 0 unspecified atom stereocenters. The first-order chi connectivity index (χ1) is 11.7. The molecule has 0 aromatic heterocycles. The molecule has 0 atom stereocenters. The molecule has 1 aromatic rings. The van der Waals surface area contributed by atoms with Gasteiger partial charge >= 0.3 is 0 Å². The van der Waals surface area contributed by atoms with E-state index in [2.05, 4.69) is 5.32 Å². The van der Waals surface area contributed by atoms with Crippen LogP contribution >= 0.6 is 0 Å². The lowest BCUT2D eigenvalue weighted by Gasteiger charge is -2.07.